The van der Waals surface area contributed by atoms with E-state index in [0.717, 1.165) is 11.3 Å². The number of thiophene rings is 1. The first kappa shape index (κ1) is 13.5. The second kappa shape index (κ2) is 4.95. The summed E-state index contributed by atoms with van der Waals surface area (Å²) in [5.74, 6) is 0. The molecule has 1 heterocycles. The predicted molar refractivity (Wildman–Crippen MR) is 70.8 cm³/mol. The molecule has 1 aromatic heterocycles. The van der Waals surface area contributed by atoms with Crippen LogP contribution in [0.15, 0.2) is 12.1 Å². The van der Waals surface area contributed by atoms with Gasteiger partial charge in [-0.2, -0.15) is 0 Å². The Bertz CT molecular complexity index is 444. The van der Waals surface area contributed by atoms with Crippen molar-refractivity contribution in [2.24, 2.45) is 5.41 Å². The van der Waals surface area contributed by atoms with Crippen LogP contribution >= 0.6 is 11.3 Å². The first-order chi connectivity index (χ1) is 8.45. The molecule has 0 radical (unpaired) electrons. The number of hydrogen-bond acceptors (Lipinski definition) is 5. The highest BCUT2D eigenvalue weighted by Crippen LogP contribution is 2.42. The molecule has 1 aliphatic rings. The summed E-state index contributed by atoms with van der Waals surface area (Å²) >= 11 is 1.23. The summed E-state index contributed by atoms with van der Waals surface area (Å²) in [6, 6.07) is 3.78. The Labute approximate surface area is 110 Å². The van der Waals surface area contributed by atoms with E-state index in [1.807, 2.05) is 6.07 Å². The fraction of sp³-hybridized carbons (Fsp3) is 0.667. The average Bonchev–Trinajstić information content (AvgIpc) is 2.76. The van der Waals surface area contributed by atoms with E-state index in [1.54, 1.807) is 13.2 Å². The van der Waals surface area contributed by atoms with Crippen LogP contribution in [0.3, 0.4) is 0 Å². The zero-order valence-corrected chi connectivity index (χ0v) is 11.6. The van der Waals surface area contributed by atoms with Crippen molar-refractivity contribution >= 4 is 16.3 Å². The molecule has 0 aliphatic heterocycles. The molecule has 1 aromatic rings. The van der Waals surface area contributed by atoms with Crippen LogP contribution in [-0.4, -0.2) is 24.2 Å². The van der Waals surface area contributed by atoms with Gasteiger partial charge in [0, 0.05) is 36.1 Å². The molecule has 1 saturated carbocycles. The molecular formula is C12H18N2O3S. The summed E-state index contributed by atoms with van der Waals surface area (Å²) in [5, 5.41) is 14.2. The van der Waals surface area contributed by atoms with Crippen LogP contribution in [0.2, 0.25) is 0 Å². The average molecular weight is 270 g/mol. The van der Waals surface area contributed by atoms with E-state index in [2.05, 4.69) is 19.2 Å². The summed E-state index contributed by atoms with van der Waals surface area (Å²) in [7, 11) is 1.74. The maximum atomic E-state index is 10.6. The lowest BCUT2D eigenvalue weighted by Gasteiger charge is -2.51. The zero-order chi connectivity index (χ0) is 13.3. The SMILES string of the molecule is COC1CC(NCc2ccc([N+](=O)[O-])s2)C1(C)C. The number of ether oxygens (including phenoxy) is 1. The van der Waals surface area contributed by atoms with Crippen molar-refractivity contribution in [3.05, 3.63) is 27.1 Å². The lowest BCUT2D eigenvalue weighted by molar-refractivity contribution is -0.380. The third-order valence-corrected chi connectivity index (χ3v) is 4.85. The highest BCUT2D eigenvalue weighted by molar-refractivity contribution is 7.15. The van der Waals surface area contributed by atoms with Crippen molar-refractivity contribution in [2.75, 3.05) is 7.11 Å². The smallest absolute Gasteiger partial charge is 0.324 e. The second-order valence-electron chi connectivity index (χ2n) is 5.21. The maximum absolute atomic E-state index is 10.6. The standard InChI is InChI=1S/C12H18N2O3S/c1-12(2)9(6-10(12)17-3)13-7-8-4-5-11(18-8)14(15)16/h4-5,9-10,13H,6-7H2,1-3H3. The number of rotatable bonds is 5. The van der Waals surface area contributed by atoms with Gasteiger partial charge in [0.2, 0.25) is 0 Å². The largest absolute Gasteiger partial charge is 0.381 e. The summed E-state index contributed by atoms with van der Waals surface area (Å²) < 4.78 is 5.39. The van der Waals surface area contributed by atoms with Crippen LogP contribution < -0.4 is 5.32 Å². The third kappa shape index (κ3) is 2.41. The van der Waals surface area contributed by atoms with E-state index >= 15 is 0 Å². The van der Waals surface area contributed by atoms with Gasteiger partial charge in [-0.3, -0.25) is 10.1 Å². The minimum absolute atomic E-state index is 0.123. The molecule has 2 unspecified atom stereocenters. The van der Waals surface area contributed by atoms with Crippen LogP contribution in [0.5, 0.6) is 0 Å². The van der Waals surface area contributed by atoms with Crippen LogP contribution in [0.25, 0.3) is 0 Å². The van der Waals surface area contributed by atoms with Gasteiger partial charge in [0.1, 0.15) is 0 Å². The van der Waals surface area contributed by atoms with Crippen molar-refractivity contribution < 1.29 is 9.66 Å². The van der Waals surface area contributed by atoms with Gasteiger partial charge < -0.3 is 10.1 Å². The topological polar surface area (TPSA) is 64.4 Å². The van der Waals surface area contributed by atoms with Gasteiger partial charge in [-0.25, -0.2) is 0 Å². The van der Waals surface area contributed by atoms with Crippen LogP contribution in [-0.2, 0) is 11.3 Å². The third-order valence-electron chi connectivity index (χ3n) is 3.81. The van der Waals surface area contributed by atoms with Crippen LogP contribution in [0.1, 0.15) is 25.1 Å². The normalized spacial score (nSPS) is 25.7. The molecule has 1 fully saturated rings. The molecule has 100 valence electrons. The summed E-state index contributed by atoms with van der Waals surface area (Å²) in [5.41, 5.74) is 0.123. The van der Waals surface area contributed by atoms with Crippen LogP contribution in [0.4, 0.5) is 5.00 Å². The summed E-state index contributed by atoms with van der Waals surface area (Å²) in [6.45, 7) is 5.04. The molecule has 0 saturated heterocycles. The second-order valence-corrected chi connectivity index (χ2v) is 6.36. The molecule has 0 spiro atoms. The van der Waals surface area contributed by atoms with Crippen LogP contribution in [0, 0.1) is 15.5 Å². The van der Waals surface area contributed by atoms with Gasteiger partial charge in [-0.05, 0) is 12.5 Å². The van der Waals surface area contributed by atoms with Crippen molar-refractivity contribution in [3.8, 4) is 0 Å². The number of methoxy groups -OCH3 is 1. The van der Waals surface area contributed by atoms with E-state index < -0.39 is 0 Å². The fourth-order valence-electron chi connectivity index (χ4n) is 2.42. The van der Waals surface area contributed by atoms with E-state index in [9.17, 15) is 10.1 Å². The molecule has 1 N–H and O–H groups in total. The molecule has 18 heavy (non-hydrogen) atoms. The van der Waals surface area contributed by atoms with Gasteiger partial charge in [-0.15, -0.1) is 0 Å². The Morgan fingerprint density at radius 2 is 2.33 bits per heavy atom. The first-order valence-electron chi connectivity index (χ1n) is 5.94. The van der Waals surface area contributed by atoms with Gasteiger partial charge in [0.05, 0.1) is 11.0 Å². The molecule has 2 rings (SSSR count). The molecular weight excluding hydrogens is 252 g/mol. The van der Waals surface area contributed by atoms with Gasteiger partial charge >= 0.3 is 5.00 Å². The number of nitrogens with zero attached hydrogens (tertiary/aromatic N) is 1. The van der Waals surface area contributed by atoms with Gasteiger partial charge in [-0.1, -0.05) is 25.2 Å². The summed E-state index contributed by atoms with van der Waals surface area (Å²) in [4.78, 5) is 11.2. The van der Waals surface area contributed by atoms with E-state index in [-0.39, 0.29) is 15.3 Å². The monoisotopic (exact) mass is 270 g/mol. The lowest BCUT2D eigenvalue weighted by Crippen LogP contribution is -2.60. The molecule has 0 aromatic carbocycles. The quantitative estimate of drug-likeness (QED) is 0.659. The number of nitro groups is 1. The molecule has 2 atom stereocenters. The fourth-order valence-corrected chi connectivity index (χ4v) is 3.19. The minimum Gasteiger partial charge on any atom is -0.381 e. The lowest BCUT2D eigenvalue weighted by atomic mass is 9.64. The highest BCUT2D eigenvalue weighted by atomic mass is 32.1. The number of nitrogens with one attached hydrogen (secondary N) is 1. The molecule has 5 nitrogen and oxygen atoms in total. The van der Waals surface area contributed by atoms with Crippen molar-refractivity contribution in [1.82, 2.24) is 5.32 Å². The Morgan fingerprint density at radius 3 is 2.83 bits per heavy atom. The Balaban J connectivity index is 1.87. The number of hydrogen-bond donors (Lipinski definition) is 1. The predicted octanol–water partition coefficient (Wildman–Crippen LogP) is 2.56. The maximum Gasteiger partial charge on any atom is 0.324 e. The van der Waals surface area contributed by atoms with Crippen molar-refractivity contribution in [1.29, 1.82) is 0 Å². The molecule has 0 bridgehead atoms. The zero-order valence-electron chi connectivity index (χ0n) is 10.8. The van der Waals surface area contributed by atoms with Gasteiger partial charge in [0.15, 0.2) is 0 Å². The van der Waals surface area contributed by atoms with Crippen molar-refractivity contribution in [3.63, 3.8) is 0 Å². The Kier molecular flexibility index (Phi) is 3.70. The van der Waals surface area contributed by atoms with E-state index in [0.29, 0.717) is 18.7 Å². The van der Waals surface area contributed by atoms with E-state index in [1.165, 1.54) is 11.3 Å². The van der Waals surface area contributed by atoms with E-state index in [4.69, 9.17) is 4.74 Å². The summed E-state index contributed by atoms with van der Waals surface area (Å²) in [6.07, 6.45) is 1.30. The Hall–Kier alpha value is -0.980. The Morgan fingerprint density at radius 1 is 1.61 bits per heavy atom. The highest BCUT2D eigenvalue weighted by Gasteiger charge is 2.48. The molecule has 6 heteroatoms. The van der Waals surface area contributed by atoms with Crippen molar-refractivity contribution in [2.45, 2.75) is 39.0 Å². The van der Waals surface area contributed by atoms with Gasteiger partial charge in [0.25, 0.3) is 0 Å². The molecule has 0 amide bonds. The molecule has 1 aliphatic carbocycles. The first-order valence-corrected chi connectivity index (χ1v) is 6.76. The minimum atomic E-state index is -0.345.